The fourth-order valence-electron chi connectivity index (χ4n) is 5.32. The van der Waals surface area contributed by atoms with Gasteiger partial charge in [-0.05, 0) is 92.5 Å². The molecule has 2 aromatic heterocycles. The molecule has 0 radical (unpaired) electrons. The number of H-pyrrole nitrogens is 1. The van der Waals surface area contributed by atoms with E-state index >= 15 is 0 Å². The van der Waals surface area contributed by atoms with E-state index in [9.17, 15) is 14.4 Å². The highest BCUT2D eigenvalue weighted by Crippen LogP contribution is 2.45. The van der Waals surface area contributed by atoms with Gasteiger partial charge in [0.1, 0.15) is 17.1 Å². The van der Waals surface area contributed by atoms with Gasteiger partial charge in [-0.25, -0.2) is 14.2 Å². The second-order valence-electron chi connectivity index (χ2n) is 9.23. The maximum Gasteiger partial charge on any atom is 0.337 e. The summed E-state index contributed by atoms with van der Waals surface area (Å²) in [5.74, 6) is 0.367. The molecule has 1 unspecified atom stereocenters. The minimum atomic E-state index is -0.790. The summed E-state index contributed by atoms with van der Waals surface area (Å²) in [5.41, 5.74) is 2.99. The Bertz CT molecular complexity index is 1430. The van der Waals surface area contributed by atoms with E-state index in [-0.39, 0.29) is 11.7 Å². The van der Waals surface area contributed by atoms with Crippen LogP contribution >= 0.6 is 0 Å². The highest BCUT2D eigenvalue weighted by molar-refractivity contribution is 5.93. The second kappa shape index (κ2) is 8.53. The van der Waals surface area contributed by atoms with Crippen LogP contribution in [-0.2, 0) is 10.2 Å². The maximum atomic E-state index is 13.9. The first kappa shape index (κ1) is 22.0. The Morgan fingerprint density at radius 3 is 2.65 bits per heavy atom. The van der Waals surface area contributed by atoms with Crippen LogP contribution in [0.5, 0.6) is 0 Å². The van der Waals surface area contributed by atoms with Gasteiger partial charge >= 0.3 is 5.97 Å². The normalized spacial score (nSPS) is 20.1. The molecule has 1 aliphatic carbocycles. The molecule has 0 spiro atoms. The Morgan fingerprint density at radius 1 is 1.15 bits per heavy atom. The smallest absolute Gasteiger partial charge is 0.337 e. The van der Waals surface area contributed by atoms with Crippen LogP contribution in [-0.4, -0.2) is 28.0 Å². The van der Waals surface area contributed by atoms with Gasteiger partial charge in [0.15, 0.2) is 0 Å². The summed E-state index contributed by atoms with van der Waals surface area (Å²) < 4.78 is 18.7. The number of benzene rings is 2. The van der Waals surface area contributed by atoms with E-state index in [1.807, 2.05) is 13.0 Å². The molecule has 34 heavy (non-hydrogen) atoms. The number of esters is 1. The molecule has 4 aromatic rings. The molecule has 0 aliphatic heterocycles. The molecule has 1 N–H and O–H groups in total. The number of carbonyl (C=O) groups is 1. The van der Waals surface area contributed by atoms with Crippen LogP contribution in [0.1, 0.15) is 60.3 Å². The molecule has 7 heteroatoms. The number of imidazole rings is 1. The summed E-state index contributed by atoms with van der Waals surface area (Å²) in [6, 6.07) is 14.4. The standard InChI is InChI=1S/C27H25FN4O2/c1-27(15-29,26-31-23-9-5-17(25(33)34-2)13-24(23)32-26)18-6-3-16(4-7-18)20-11-12-30-22-10-8-19(28)14-21(20)22/h5,8-14,16,18H,3-4,6-7H2,1-2H3,(H,31,32). The van der Waals surface area contributed by atoms with Gasteiger partial charge in [0.05, 0.1) is 35.3 Å². The third-order valence-corrected chi connectivity index (χ3v) is 7.35. The van der Waals surface area contributed by atoms with Gasteiger partial charge in [0.2, 0.25) is 0 Å². The minimum Gasteiger partial charge on any atom is -0.465 e. The Balaban J connectivity index is 1.40. The van der Waals surface area contributed by atoms with Crippen LogP contribution in [0.15, 0.2) is 48.7 Å². The predicted octanol–water partition coefficient (Wildman–Crippen LogP) is 5.79. The number of hydrogen-bond acceptors (Lipinski definition) is 5. The molecule has 0 saturated heterocycles. The lowest BCUT2D eigenvalue weighted by Crippen LogP contribution is -2.34. The molecule has 1 atom stereocenters. The Hall–Kier alpha value is -3.79. The van der Waals surface area contributed by atoms with E-state index < -0.39 is 11.4 Å². The molecule has 2 aromatic carbocycles. The van der Waals surface area contributed by atoms with E-state index in [4.69, 9.17) is 9.72 Å². The summed E-state index contributed by atoms with van der Waals surface area (Å²) >= 11 is 0. The van der Waals surface area contributed by atoms with Gasteiger partial charge < -0.3 is 9.72 Å². The first-order valence-electron chi connectivity index (χ1n) is 11.5. The first-order chi connectivity index (χ1) is 16.4. The largest absolute Gasteiger partial charge is 0.465 e. The van der Waals surface area contributed by atoms with Crippen LogP contribution in [0.2, 0.25) is 0 Å². The Labute approximate surface area is 196 Å². The van der Waals surface area contributed by atoms with Crippen LogP contribution in [0.4, 0.5) is 4.39 Å². The second-order valence-corrected chi connectivity index (χ2v) is 9.23. The number of pyridine rings is 1. The van der Waals surface area contributed by atoms with Crippen molar-refractivity contribution >= 4 is 27.9 Å². The van der Waals surface area contributed by atoms with Gasteiger partial charge in [-0.2, -0.15) is 5.26 Å². The highest BCUT2D eigenvalue weighted by atomic mass is 19.1. The zero-order chi connectivity index (χ0) is 23.9. The zero-order valence-electron chi connectivity index (χ0n) is 19.1. The van der Waals surface area contributed by atoms with Crippen molar-refractivity contribution in [2.75, 3.05) is 7.11 Å². The molecule has 5 rings (SSSR count). The van der Waals surface area contributed by atoms with Crippen molar-refractivity contribution in [1.29, 1.82) is 5.26 Å². The molecular weight excluding hydrogens is 431 g/mol. The number of ether oxygens (including phenoxy) is 1. The third kappa shape index (κ3) is 3.69. The number of fused-ring (bicyclic) bond motifs is 2. The monoisotopic (exact) mass is 456 g/mol. The van der Waals surface area contributed by atoms with Gasteiger partial charge in [-0.1, -0.05) is 0 Å². The van der Waals surface area contributed by atoms with Crippen LogP contribution < -0.4 is 0 Å². The quantitative estimate of drug-likeness (QED) is 0.392. The first-order valence-corrected chi connectivity index (χ1v) is 11.5. The number of hydrogen-bond donors (Lipinski definition) is 1. The van der Waals surface area contributed by atoms with E-state index in [1.54, 1.807) is 36.5 Å². The van der Waals surface area contributed by atoms with E-state index in [1.165, 1.54) is 13.2 Å². The van der Waals surface area contributed by atoms with Crippen LogP contribution in [0, 0.1) is 23.1 Å². The highest BCUT2D eigenvalue weighted by Gasteiger charge is 2.41. The summed E-state index contributed by atoms with van der Waals surface area (Å²) in [7, 11) is 1.35. The average Bonchev–Trinajstić information content (AvgIpc) is 3.31. The number of nitrogens with one attached hydrogen (secondary N) is 1. The van der Waals surface area contributed by atoms with Crippen molar-refractivity contribution in [2.45, 2.75) is 43.9 Å². The molecule has 1 saturated carbocycles. The minimum absolute atomic E-state index is 0.124. The summed E-state index contributed by atoms with van der Waals surface area (Å²) in [4.78, 5) is 24.2. The van der Waals surface area contributed by atoms with Crippen molar-refractivity contribution < 1.29 is 13.9 Å². The number of rotatable bonds is 4. The maximum absolute atomic E-state index is 13.9. The average molecular weight is 457 g/mol. The molecule has 1 aliphatic rings. The van der Waals surface area contributed by atoms with Crippen LogP contribution in [0.3, 0.4) is 0 Å². The van der Waals surface area contributed by atoms with E-state index in [2.05, 4.69) is 16.0 Å². The van der Waals surface area contributed by atoms with E-state index in [0.717, 1.165) is 42.1 Å². The molecule has 172 valence electrons. The SMILES string of the molecule is COC(=O)c1ccc2nc(C(C)(C#N)C3CCC(c4ccnc5ccc(F)cc45)CC3)[nH]c2c1. The van der Waals surface area contributed by atoms with Crippen molar-refractivity contribution in [1.82, 2.24) is 15.0 Å². The lowest BCUT2D eigenvalue weighted by Gasteiger charge is -2.36. The number of methoxy groups -OCH3 is 1. The Morgan fingerprint density at radius 2 is 1.91 bits per heavy atom. The van der Waals surface area contributed by atoms with Crippen molar-refractivity contribution in [3.8, 4) is 6.07 Å². The van der Waals surface area contributed by atoms with Gasteiger partial charge in [0, 0.05) is 11.6 Å². The number of nitriles is 1. The molecular formula is C27H25FN4O2. The van der Waals surface area contributed by atoms with Gasteiger partial charge in [-0.3, -0.25) is 4.98 Å². The Kier molecular flexibility index (Phi) is 5.52. The molecule has 0 bridgehead atoms. The van der Waals surface area contributed by atoms with Gasteiger partial charge in [0.25, 0.3) is 0 Å². The van der Waals surface area contributed by atoms with Crippen molar-refractivity contribution in [2.24, 2.45) is 5.92 Å². The van der Waals surface area contributed by atoms with Crippen molar-refractivity contribution in [3.63, 3.8) is 0 Å². The fourth-order valence-corrected chi connectivity index (χ4v) is 5.32. The topological polar surface area (TPSA) is 91.7 Å². The number of nitrogens with zero attached hydrogens (tertiary/aromatic N) is 3. The number of aromatic nitrogens is 3. The van der Waals surface area contributed by atoms with Crippen molar-refractivity contribution in [3.05, 3.63) is 71.4 Å². The molecule has 0 amide bonds. The molecule has 1 fully saturated rings. The zero-order valence-corrected chi connectivity index (χ0v) is 19.1. The molecule has 2 heterocycles. The lowest BCUT2D eigenvalue weighted by atomic mass is 9.67. The van der Waals surface area contributed by atoms with E-state index in [0.29, 0.717) is 28.3 Å². The number of carbonyl (C=O) groups excluding carboxylic acids is 1. The number of aromatic amines is 1. The predicted molar refractivity (Wildman–Crippen MR) is 127 cm³/mol. The summed E-state index contributed by atoms with van der Waals surface area (Å²) in [6.45, 7) is 1.94. The summed E-state index contributed by atoms with van der Waals surface area (Å²) in [5, 5.41) is 11.1. The third-order valence-electron chi connectivity index (χ3n) is 7.35. The van der Waals surface area contributed by atoms with Crippen LogP contribution in [0.25, 0.3) is 21.9 Å². The number of halogens is 1. The summed E-state index contributed by atoms with van der Waals surface area (Å²) in [6.07, 6.45) is 5.32. The molecule has 6 nitrogen and oxygen atoms in total. The fraction of sp³-hybridized carbons (Fsp3) is 0.333. The van der Waals surface area contributed by atoms with Gasteiger partial charge in [-0.15, -0.1) is 0 Å². The lowest BCUT2D eigenvalue weighted by molar-refractivity contribution is 0.0601.